The van der Waals surface area contributed by atoms with Crippen molar-refractivity contribution in [3.63, 3.8) is 0 Å². The number of fused-ring (bicyclic) bond motifs is 1. The van der Waals surface area contributed by atoms with E-state index >= 15 is 0 Å². The molecule has 3 aromatic rings. The van der Waals surface area contributed by atoms with Crippen molar-refractivity contribution in [3.05, 3.63) is 108 Å². The molecule has 7 atom stereocenters. The summed E-state index contributed by atoms with van der Waals surface area (Å²) in [5.74, 6) is 0.0213. The summed E-state index contributed by atoms with van der Waals surface area (Å²) in [7, 11) is 0. The number of rotatable bonds is 9. The van der Waals surface area contributed by atoms with Gasteiger partial charge in [0.1, 0.15) is 12.2 Å². The molecule has 5 nitrogen and oxygen atoms in total. The molecule has 1 saturated heterocycles. The SMILES string of the molecule is OC1C[C@@H]2[C@@H](OCc3ccccc3)[C@H](OCc3ccccc3)[C@@H](OCc3ccccc3)[C@@H](I)[C@@H]2O1. The standard InChI is InChI=1S/C29H31IO5/c30-25-26-23(16-24(31)35-26)27(32-17-20-10-4-1-5-11-20)29(34-19-22-14-8-3-9-15-22)28(25)33-18-21-12-6-2-7-13-21/h1-15,23-29,31H,16-19H2/t23-,24?,25-,26+,27+,28-,29-/m0/s1. The van der Waals surface area contributed by atoms with Crippen molar-refractivity contribution in [3.8, 4) is 0 Å². The summed E-state index contributed by atoms with van der Waals surface area (Å²) in [6.07, 6.45) is -1.27. The summed E-state index contributed by atoms with van der Waals surface area (Å²) in [6, 6.07) is 30.5. The molecule has 184 valence electrons. The Morgan fingerprint density at radius 3 is 1.57 bits per heavy atom. The molecule has 0 radical (unpaired) electrons. The number of aliphatic hydroxyl groups excluding tert-OH is 1. The van der Waals surface area contributed by atoms with Gasteiger partial charge in [-0.1, -0.05) is 114 Å². The highest BCUT2D eigenvalue weighted by molar-refractivity contribution is 14.1. The van der Waals surface area contributed by atoms with Crippen molar-refractivity contribution in [1.82, 2.24) is 0 Å². The molecule has 1 saturated carbocycles. The largest absolute Gasteiger partial charge is 0.370 e. The monoisotopic (exact) mass is 586 g/mol. The number of benzene rings is 3. The third-order valence-corrected chi connectivity index (χ3v) is 8.18. The van der Waals surface area contributed by atoms with Crippen LogP contribution in [-0.2, 0) is 38.8 Å². The topological polar surface area (TPSA) is 57.2 Å². The van der Waals surface area contributed by atoms with Crippen molar-refractivity contribution >= 4 is 22.6 Å². The Morgan fingerprint density at radius 2 is 1.09 bits per heavy atom. The highest BCUT2D eigenvalue weighted by Gasteiger charge is 2.56. The summed E-state index contributed by atoms with van der Waals surface area (Å²) in [4.78, 5) is 0. The number of aliphatic hydroxyl groups is 1. The van der Waals surface area contributed by atoms with Crippen molar-refractivity contribution in [2.75, 3.05) is 0 Å². The predicted octanol–water partition coefficient (Wildman–Crippen LogP) is 5.28. The van der Waals surface area contributed by atoms with Gasteiger partial charge in [0.05, 0.1) is 36.0 Å². The lowest BCUT2D eigenvalue weighted by atomic mass is 9.79. The Morgan fingerprint density at radius 1 is 0.657 bits per heavy atom. The Bertz CT molecular complexity index is 1030. The molecular weight excluding hydrogens is 555 g/mol. The second-order valence-electron chi connectivity index (χ2n) is 9.18. The minimum Gasteiger partial charge on any atom is -0.370 e. The Hall–Kier alpha value is -1.81. The molecule has 0 amide bonds. The van der Waals surface area contributed by atoms with Crippen LogP contribution in [0.5, 0.6) is 0 Å². The zero-order valence-corrected chi connectivity index (χ0v) is 21.6. The zero-order valence-electron chi connectivity index (χ0n) is 19.5. The fourth-order valence-corrected chi connectivity index (χ4v) is 6.35. The maximum absolute atomic E-state index is 10.4. The Labute approximate surface area is 220 Å². The third kappa shape index (κ3) is 6.13. The lowest BCUT2D eigenvalue weighted by Gasteiger charge is -2.46. The van der Waals surface area contributed by atoms with Crippen LogP contribution < -0.4 is 0 Å². The quantitative estimate of drug-likeness (QED) is 0.273. The molecule has 1 N–H and O–H groups in total. The molecule has 35 heavy (non-hydrogen) atoms. The Balaban J connectivity index is 1.40. The predicted molar refractivity (Wildman–Crippen MR) is 142 cm³/mol. The van der Waals surface area contributed by atoms with Gasteiger partial charge < -0.3 is 24.1 Å². The van der Waals surface area contributed by atoms with E-state index in [0.29, 0.717) is 26.2 Å². The van der Waals surface area contributed by atoms with Crippen molar-refractivity contribution in [2.45, 2.75) is 60.9 Å². The Kier molecular flexibility index (Phi) is 8.49. The van der Waals surface area contributed by atoms with E-state index < -0.39 is 6.29 Å². The van der Waals surface area contributed by atoms with Crippen LogP contribution in [0.3, 0.4) is 0 Å². The maximum Gasteiger partial charge on any atom is 0.155 e. The van der Waals surface area contributed by atoms with Crippen molar-refractivity contribution < 1.29 is 24.1 Å². The van der Waals surface area contributed by atoms with Gasteiger partial charge in [0.15, 0.2) is 6.29 Å². The first-order chi connectivity index (χ1) is 17.2. The van der Waals surface area contributed by atoms with Gasteiger partial charge in [0.25, 0.3) is 0 Å². The van der Waals surface area contributed by atoms with E-state index in [2.05, 4.69) is 59.0 Å². The summed E-state index contributed by atoms with van der Waals surface area (Å²) < 4.78 is 25.7. The van der Waals surface area contributed by atoms with Crippen LogP contribution in [0.15, 0.2) is 91.0 Å². The molecule has 6 heteroatoms. The van der Waals surface area contributed by atoms with Crippen LogP contribution in [0.4, 0.5) is 0 Å². The molecule has 3 aromatic carbocycles. The summed E-state index contributed by atoms with van der Waals surface area (Å²) >= 11 is 2.41. The lowest BCUT2D eigenvalue weighted by Crippen LogP contribution is -2.60. The summed E-state index contributed by atoms with van der Waals surface area (Å²) in [5, 5.41) is 10.4. The first-order valence-electron chi connectivity index (χ1n) is 12.1. The van der Waals surface area contributed by atoms with Gasteiger partial charge in [-0.05, 0) is 16.7 Å². The number of hydrogen-bond acceptors (Lipinski definition) is 5. The van der Waals surface area contributed by atoms with Gasteiger partial charge in [0, 0.05) is 12.3 Å². The molecule has 2 aliphatic rings. The molecule has 1 heterocycles. The van der Waals surface area contributed by atoms with Crippen molar-refractivity contribution in [2.24, 2.45) is 5.92 Å². The van der Waals surface area contributed by atoms with Crippen LogP contribution in [0.1, 0.15) is 23.1 Å². The molecule has 2 fully saturated rings. The molecule has 1 unspecified atom stereocenters. The number of alkyl halides is 1. The van der Waals surface area contributed by atoms with Crippen LogP contribution in [0.2, 0.25) is 0 Å². The lowest BCUT2D eigenvalue weighted by molar-refractivity contribution is -0.202. The average Bonchev–Trinajstić information content (AvgIpc) is 3.30. The van der Waals surface area contributed by atoms with E-state index in [1.807, 2.05) is 54.6 Å². The van der Waals surface area contributed by atoms with Gasteiger partial charge in [-0.15, -0.1) is 0 Å². The van der Waals surface area contributed by atoms with Gasteiger partial charge in [-0.2, -0.15) is 0 Å². The second kappa shape index (κ2) is 12.0. The molecule has 5 rings (SSSR count). The van der Waals surface area contributed by atoms with Crippen LogP contribution in [0, 0.1) is 5.92 Å². The van der Waals surface area contributed by atoms with E-state index in [4.69, 9.17) is 18.9 Å². The van der Waals surface area contributed by atoms with E-state index in [1.54, 1.807) is 0 Å². The highest BCUT2D eigenvalue weighted by Crippen LogP contribution is 2.44. The molecule has 1 aliphatic carbocycles. The molecular formula is C29H31IO5. The first-order valence-corrected chi connectivity index (χ1v) is 13.4. The van der Waals surface area contributed by atoms with Crippen molar-refractivity contribution in [1.29, 1.82) is 0 Å². The van der Waals surface area contributed by atoms with E-state index in [1.165, 1.54) is 0 Å². The molecule has 1 aliphatic heterocycles. The fraction of sp³-hybridized carbons (Fsp3) is 0.379. The van der Waals surface area contributed by atoms with Crippen LogP contribution >= 0.6 is 22.6 Å². The highest BCUT2D eigenvalue weighted by atomic mass is 127. The fourth-order valence-electron chi connectivity index (χ4n) is 5.03. The van der Waals surface area contributed by atoms with Gasteiger partial charge >= 0.3 is 0 Å². The normalized spacial score (nSPS) is 30.2. The smallest absolute Gasteiger partial charge is 0.155 e. The van der Waals surface area contributed by atoms with Gasteiger partial charge in [0.2, 0.25) is 0 Å². The minimum absolute atomic E-state index is 0.0100. The number of hydrogen-bond donors (Lipinski definition) is 1. The summed E-state index contributed by atoms with van der Waals surface area (Å²) in [6.45, 7) is 1.40. The van der Waals surface area contributed by atoms with E-state index in [0.717, 1.165) is 16.7 Å². The average molecular weight is 586 g/mol. The third-order valence-electron chi connectivity index (χ3n) is 6.76. The van der Waals surface area contributed by atoms with Gasteiger partial charge in [-0.25, -0.2) is 0 Å². The maximum atomic E-state index is 10.4. The van der Waals surface area contributed by atoms with E-state index in [9.17, 15) is 5.11 Å². The second-order valence-corrected chi connectivity index (χ2v) is 10.6. The number of ether oxygens (including phenoxy) is 4. The molecule has 0 aromatic heterocycles. The first kappa shape index (κ1) is 24.9. The minimum atomic E-state index is -0.798. The van der Waals surface area contributed by atoms with Crippen LogP contribution in [-0.4, -0.2) is 39.7 Å². The molecule has 0 bridgehead atoms. The van der Waals surface area contributed by atoms with E-state index in [-0.39, 0.29) is 34.3 Å². The van der Waals surface area contributed by atoms with Crippen LogP contribution in [0.25, 0.3) is 0 Å². The number of halogens is 1. The van der Waals surface area contributed by atoms with Gasteiger partial charge in [-0.3, -0.25) is 0 Å². The zero-order chi connectivity index (χ0) is 24.0. The summed E-state index contributed by atoms with van der Waals surface area (Å²) in [5.41, 5.74) is 3.31. The molecule has 0 spiro atoms.